The van der Waals surface area contributed by atoms with Gasteiger partial charge in [0.15, 0.2) is 0 Å². The van der Waals surface area contributed by atoms with Crippen molar-refractivity contribution in [2.24, 2.45) is 0 Å². The van der Waals surface area contributed by atoms with E-state index in [0.29, 0.717) is 0 Å². The Morgan fingerprint density at radius 3 is 1.11 bits per heavy atom. The van der Waals surface area contributed by atoms with Crippen molar-refractivity contribution >= 4 is 143 Å². The SMILES string of the molecule is Cc1ccc(N(c2ccc3cc4c(cc3c2)oc2c(-c3ccccc3)c3oc5cc6cc(N(c7ccc(C)cc7)c7ccc8oc9c(C(C)(C)C)cccc9c8c7)ccc6cc5c3cc24)c2ccc3oc4c(C(C)(C)C)cccc4c3c2)cc1. The van der Waals surface area contributed by atoms with E-state index in [1.165, 1.54) is 22.3 Å². The number of para-hydroxylation sites is 2. The van der Waals surface area contributed by atoms with Crippen molar-refractivity contribution < 1.29 is 17.7 Å². The fourth-order valence-electron chi connectivity index (χ4n) is 13.1. The largest absolute Gasteiger partial charge is 0.456 e. The van der Waals surface area contributed by atoms with Crippen molar-refractivity contribution in [2.75, 3.05) is 9.80 Å². The molecule has 0 spiro atoms. The van der Waals surface area contributed by atoms with E-state index in [1.54, 1.807) is 0 Å². The standard InChI is InChI=1S/C78H60N2O4/c1-45-20-26-52(27-21-45)79(56-32-34-68-62(42-56)58-16-12-18-66(73(58)81-68)77(3,4)5)54-30-24-48-38-60-64-44-65-61-39-49-25-31-55(37-51(49)41-71(61)84-76(65)72(47-14-10-9-11-15-47)75(64)83-70(60)40-50(48)36-54)80(53-28-22-46(2)23-29-53)57-33-35-69-63(43-57)59-17-13-19-67(74(59)82-69)78(6,7)8/h9-44H,1-8H3. The lowest BCUT2D eigenvalue weighted by atomic mass is 9.86. The van der Waals surface area contributed by atoms with E-state index in [1.807, 2.05) is 0 Å². The quantitative estimate of drug-likeness (QED) is 0.158. The van der Waals surface area contributed by atoms with E-state index in [0.717, 1.165) is 155 Å². The molecular weight excluding hydrogens is 1030 g/mol. The van der Waals surface area contributed by atoms with E-state index in [9.17, 15) is 0 Å². The molecule has 84 heavy (non-hydrogen) atoms. The summed E-state index contributed by atoms with van der Waals surface area (Å²) in [7, 11) is 0. The van der Waals surface area contributed by atoms with Gasteiger partial charge in [0.05, 0.1) is 5.56 Å². The van der Waals surface area contributed by atoms with Crippen LogP contribution in [0.15, 0.2) is 236 Å². The molecule has 6 heteroatoms. The summed E-state index contributed by atoms with van der Waals surface area (Å²) >= 11 is 0. The van der Waals surface area contributed by atoms with Gasteiger partial charge >= 0.3 is 0 Å². The Hall–Kier alpha value is -10.0. The summed E-state index contributed by atoms with van der Waals surface area (Å²) in [5.74, 6) is 0. The number of rotatable bonds is 7. The Balaban J connectivity index is 0.829. The van der Waals surface area contributed by atoms with Gasteiger partial charge in [-0.15, -0.1) is 0 Å². The highest BCUT2D eigenvalue weighted by atomic mass is 16.3. The number of aryl methyl sites for hydroxylation is 2. The molecule has 0 amide bonds. The Morgan fingerprint density at radius 2 is 0.667 bits per heavy atom. The fraction of sp³-hybridized carbons (Fsp3) is 0.128. The summed E-state index contributed by atoms with van der Waals surface area (Å²) in [6.07, 6.45) is 0. The first-order valence-electron chi connectivity index (χ1n) is 29.1. The van der Waals surface area contributed by atoms with E-state index in [-0.39, 0.29) is 10.8 Å². The molecular formula is C78H60N2O4. The van der Waals surface area contributed by atoms with Gasteiger partial charge in [-0.2, -0.15) is 0 Å². The van der Waals surface area contributed by atoms with Gasteiger partial charge in [-0.3, -0.25) is 0 Å². The maximum Gasteiger partial charge on any atom is 0.147 e. The van der Waals surface area contributed by atoms with Crippen molar-refractivity contribution in [1.29, 1.82) is 0 Å². The Labute approximate surface area is 486 Å². The molecule has 4 aromatic heterocycles. The van der Waals surface area contributed by atoms with Crippen LogP contribution in [0.5, 0.6) is 0 Å². The smallest absolute Gasteiger partial charge is 0.147 e. The van der Waals surface area contributed by atoms with Crippen molar-refractivity contribution in [3.63, 3.8) is 0 Å². The molecule has 16 aromatic rings. The maximum atomic E-state index is 7.13. The first kappa shape index (κ1) is 49.7. The zero-order chi connectivity index (χ0) is 56.9. The van der Waals surface area contributed by atoms with Gasteiger partial charge in [0.25, 0.3) is 0 Å². The second-order valence-corrected chi connectivity index (χ2v) is 25.1. The second-order valence-electron chi connectivity index (χ2n) is 25.1. The minimum atomic E-state index is -0.0643. The van der Waals surface area contributed by atoms with Gasteiger partial charge in [-0.25, -0.2) is 0 Å². The number of hydrogen-bond acceptors (Lipinski definition) is 6. The summed E-state index contributed by atoms with van der Waals surface area (Å²) in [5, 5.41) is 13.0. The highest BCUT2D eigenvalue weighted by Crippen LogP contribution is 2.49. The molecule has 0 aliphatic carbocycles. The molecule has 0 aliphatic heterocycles. The van der Waals surface area contributed by atoms with E-state index < -0.39 is 0 Å². The van der Waals surface area contributed by atoms with Crippen LogP contribution >= 0.6 is 0 Å². The lowest BCUT2D eigenvalue weighted by Gasteiger charge is -2.26. The first-order valence-corrected chi connectivity index (χ1v) is 29.1. The molecule has 12 aromatic carbocycles. The third kappa shape index (κ3) is 7.92. The van der Waals surface area contributed by atoms with Crippen LogP contribution in [0.2, 0.25) is 0 Å². The van der Waals surface area contributed by atoms with Crippen LogP contribution < -0.4 is 9.80 Å². The highest BCUT2D eigenvalue weighted by Gasteiger charge is 2.26. The number of nitrogens with zero attached hydrogens (tertiary/aromatic N) is 2. The number of anilines is 6. The monoisotopic (exact) mass is 1090 g/mol. The molecule has 0 bridgehead atoms. The molecule has 16 rings (SSSR count). The van der Waals surface area contributed by atoms with Crippen LogP contribution in [0, 0.1) is 13.8 Å². The first-order chi connectivity index (χ1) is 40.7. The van der Waals surface area contributed by atoms with Gasteiger partial charge in [0.2, 0.25) is 0 Å². The van der Waals surface area contributed by atoms with E-state index in [2.05, 4.69) is 284 Å². The van der Waals surface area contributed by atoms with Crippen LogP contribution in [0.3, 0.4) is 0 Å². The number of fused-ring (bicyclic) bond motifs is 14. The Morgan fingerprint density at radius 1 is 0.274 bits per heavy atom. The van der Waals surface area contributed by atoms with Crippen LogP contribution in [0.1, 0.15) is 63.8 Å². The van der Waals surface area contributed by atoms with E-state index in [4.69, 9.17) is 17.7 Å². The van der Waals surface area contributed by atoms with Crippen molar-refractivity contribution in [1.82, 2.24) is 0 Å². The molecule has 4 heterocycles. The second kappa shape index (κ2) is 18.2. The van der Waals surface area contributed by atoms with Crippen LogP contribution in [-0.2, 0) is 10.8 Å². The average Bonchev–Trinajstić information content (AvgIpc) is 1.81. The zero-order valence-corrected chi connectivity index (χ0v) is 48.3. The summed E-state index contributed by atoms with van der Waals surface area (Å²) in [5.41, 5.74) is 19.9. The molecule has 0 saturated heterocycles. The normalized spacial score (nSPS) is 12.5. The summed E-state index contributed by atoms with van der Waals surface area (Å²) in [6.45, 7) is 17.7. The van der Waals surface area contributed by atoms with Crippen LogP contribution in [0.25, 0.3) is 120 Å². The van der Waals surface area contributed by atoms with Gasteiger partial charge in [-0.05, 0) is 167 Å². The predicted octanol–water partition coefficient (Wildman–Crippen LogP) is 23.4. The van der Waals surface area contributed by atoms with Gasteiger partial charge in [-0.1, -0.05) is 156 Å². The fourth-order valence-corrected chi connectivity index (χ4v) is 13.1. The lowest BCUT2D eigenvalue weighted by Crippen LogP contribution is -2.11. The summed E-state index contributed by atoms with van der Waals surface area (Å²) in [6, 6.07) is 79.1. The van der Waals surface area contributed by atoms with Crippen molar-refractivity contribution in [3.8, 4) is 11.1 Å². The van der Waals surface area contributed by atoms with Gasteiger partial charge < -0.3 is 27.5 Å². The van der Waals surface area contributed by atoms with Crippen molar-refractivity contribution in [2.45, 2.75) is 66.2 Å². The highest BCUT2D eigenvalue weighted by molar-refractivity contribution is 6.24. The Kier molecular flexibility index (Phi) is 10.8. The topological polar surface area (TPSA) is 59.0 Å². The van der Waals surface area contributed by atoms with Gasteiger partial charge in [0, 0.05) is 88.3 Å². The summed E-state index contributed by atoms with van der Waals surface area (Å²) in [4.78, 5) is 4.69. The number of furan rings is 4. The third-order valence-corrected chi connectivity index (χ3v) is 17.3. The Bertz CT molecular complexity index is 5040. The van der Waals surface area contributed by atoms with Gasteiger partial charge in [0.1, 0.15) is 44.7 Å². The molecule has 0 unspecified atom stereocenters. The predicted molar refractivity (Wildman–Crippen MR) is 352 cm³/mol. The molecule has 0 radical (unpaired) electrons. The number of benzene rings is 12. The molecule has 406 valence electrons. The van der Waals surface area contributed by atoms with Crippen molar-refractivity contribution in [3.05, 3.63) is 241 Å². The minimum Gasteiger partial charge on any atom is -0.456 e. The average molecular weight is 1090 g/mol. The maximum absolute atomic E-state index is 7.13. The van der Waals surface area contributed by atoms with Crippen LogP contribution in [0.4, 0.5) is 34.1 Å². The number of hydrogen-bond donors (Lipinski definition) is 0. The molecule has 0 fully saturated rings. The van der Waals surface area contributed by atoms with E-state index >= 15 is 0 Å². The molecule has 0 saturated carbocycles. The minimum absolute atomic E-state index is 0.0643. The zero-order valence-electron chi connectivity index (χ0n) is 48.3. The summed E-state index contributed by atoms with van der Waals surface area (Å²) < 4.78 is 27.5. The molecule has 0 N–H and O–H groups in total. The molecule has 0 aliphatic rings. The van der Waals surface area contributed by atoms with Crippen LogP contribution in [-0.4, -0.2) is 0 Å². The molecule has 6 nitrogen and oxygen atoms in total. The third-order valence-electron chi connectivity index (χ3n) is 17.3. The molecule has 0 atom stereocenters. The lowest BCUT2D eigenvalue weighted by molar-refractivity contribution is 0.572.